The highest BCUT2D eigenvalue weighted by molar-refractivity contribution is 4.96. The Morgan fingerprint density at radius 1 is 1.24 bits per heavy atom. The van der Waals surface area contributed by atoms with Gasteiger partial charge in [0.25, 0.3) is 0 Å². The molecule has 2 heteroatoms. The normalized spacial score (nSPS) is 33.4. The van der Waals surface area contributed by atoms with E-state index in [-0.39, 0.29) is 0 Å². The van der Waals surface area contributed by atoms with Crippen LogP contribution in [-0.4, -0.2) is 37.1 Å². The van der Waals surface area contributed by atoms with Gasteiger partial charge in [-0.3, -0.25) is 0 Å². The zero-order valence-corrected chi connectivity index (χ0v) is 12.0. The Kier molecular flexibility index (Phi) is 4.48. The Hall–Kier alpha value is -0.0800. The minimum absolute atomic E-state index is 0.631. The molecule has 2 atom stereocenters. The molecule has 0 bridgehead atoms. The SMILES string of the molecule is CCCN1CCCC(NCC2CC2(C)C)CC1. The zero-order chi connectivity index (χ0) is 12.3. The largest absolute Gasteiger partial charge is 0.314 e. The molecule has 0 aromatic heterocycles. The fraction of sp³-hybridized carbons (Fsp3) is 1.00. The standard InChI is InChI=1S/C15H30N2/c1-4-8-17-9-5-6-14(7-10-17)16-12-13-11-15(13,2)3/h13-14,16H,4-12H2,1-3H3. The number of likely N-dealkylation sites (tertiary alicyclic amines) is 1. The molecule has 1 aliphatic carbocycles. The summed E-state index contributed by atoms with van der Waals surface area (Å²) in [5, 5.41) is 3.82. The first-order valence-corrected chi connectivity index (χ1v) is 7.57. The lowest BCUT2D eigenvalue weighted by Crippen LogP contribution is -2.33. The molecule has 1 saturated heterocycles. The molecule has 2 fully saturated rings. The summed E-state index contributed by atoms with van der Waals surface area (Å²) >= 11 is 0. The topological polar surface area (TPSA) is 15.3 Å². The molecule has 1 aliphatic heterocycles. The molecular formula is C15H30N2. The third-order valence-corrected chi connectivity index (χ3v) is 4.73. The smallest absolute Gasteiger partial charge is 0.00798 e. The summed E-state index contributed by atoms with van der Waals surface area (Å²) in [6, 6.07) is 0.785. The van der Waals surface area contributed by atoms with Crippen molar-refractivity contribution in [1.82, 2.24) is 10.2 Å². The lowest BCUT2D eigenvalue weighted by Gasteiger charge is -2.19. The number of hydrogen-bond donors (Lipinski definition) is 1. The summed E-state index contributed by atoms with van der Waals surface area (Å²) in [6.45, 7) is 12.3. The van der Waals surface area contributed by atoms with Gasteiger partial charge in [0.15, 0.2) is 0 Å². The third-order valence-electron chi connectivity index (χ3n) is 4.73. The van der Waals surface area contributed by atoms with Gasteiger partial charge in [-0.05, 0) is 69.6 Å². The Balaban J connectivity index is 1.65. The molecule has 0 aromatic carbocycles. The number of nitrogens with one attached hydrogen (secondary N) is 1. The third kappa shape index (κ3) is 3.96. The van der Waals surface area contributed by atoms with E-state index in [2.05, 4.69) is 31.0 Å². The fourth-order valence-electron chi connectivity index (χ4n) is 3.13. The molecule has 17 heavy (non-hydrogen) atoms. The predicted octanol–water partition coefficient (Wildman–Crippen LogP) is 2.89. The second kappa shape index (κ2) is 5.71. The number of rotatable bonds is 5. The molecule has 1 saturated carbocycles. The zero-order valence-electron chi connectivity index (χ0n) is 12.0. The first-order chi connectivity index (χ1) is 8.12. The van der Waals surface area contributed by atoms with Crippen LogP contribution < -0.4 is 5.32 Å². The second-order valence-corrected chi connectivity index (χ2v) is 6.77. The van der Waals surface area contributed by atoms with Crippen molar-refractivity contribution in [2.75, 3.05) is 26.2 Å². The van der Waals surface area contributed by atoms with Crippen LogP contribution in [0.3, 0.4) is 0 Å². The molecule has 1 N–H and O–H groups in total. The summed E-state index contributed by atoms with van der Waals surface area (Å²) in [5.41, 5.74) is 0.631. The lowest BCUT2D eigenvalue weighted by molar-refractivity contribution is 0.282. The molecule has 0 aromatic rings. The summed E-state index contributed by atoms with van der Waals surface area (Å²) in [7, 11) is 0. The Morgan fingerprint density at radius 2 is 2.00 bits per heavy atom. The van der Waals surface area contributed by atoms with E-state index in [4.69, 9.17) is 0 Å². The minimum atomic E-state index is 0.631. The Labute approximate surface area is 107 Å². The second-order valence-electron chi connectivity index (χ2n) is 6.77. The Bertz CT molecular complexity index is 237. The monoisotopic (exact) mass is 238 g/mol. The maximum Gasteiger partial charge on any atom is 0.00798 e. The first kappa shape index (κ1) is 13.4. The lowest BCUT2D eigenvalue weighted by atomic mass is 10.1. The van der Waals surface area contributed by atoms with Crippen LogP contribution in [0.1, 0.15) is 52.9 Å². The van der Waals surface area contributed by atoms with Gasteiger partial charge in [0.1, 0.15) is 0 Å². The quantitative estimate of drug-likeness (QED) is 0.792. The summed E-state index contributed by atoms with van der Waals surface area (Å²) in [6.07, 6.45) is 6.84. The Morgan fingerprint density at radius 3 is 2.65 bits per heavy atom. The van der Waals surface area contributed by atoms with Crippen molar-refractivity contribution in [1.29, 1.82) is 0 Å². The van der Waals surface area contributed by atoms with Gasteiger partial charge in [-0.25, -0.2) is 0 Å². The van der Waals surface area contributed by atoms with Gasteiger partial charge in [-0.15, -0.1) is 0 Å². The van der Waals surface area contributed by atoms with Crippen molar-refractivity contribution in [2.24, 2.45) is 11.3 Å². The molecule has 100 valence electrons. The van der Waals surface area contributed by atoms with Crippen molar-refractivity contribution >= 4 is 0 Å². The maximum atomic E-state index is 3.82. The van der Waals surface area contributed by atoms with E-state index in [1.165, 1.54) is 58.3 Å². The van der Waals surface area contributed by atoms with E-state index in [0.717, 1.165) is 12.0 Å². The molecule has 1 heterocycles. The first-order valence-electron chi connectivity index (χ1n) is 7.57. The van der Waals surface area contributed by atoms with E-state index in [1.54, 1.807) is 0 Å². The van der Waals surface area contributed by atoms with Gasteiger partial charge in [0.05, 0.1) is 0 Å². The van der Waals surface area contributed by atoms with E-state index < -0.39 is 0 Å². The van der Waals surface area contributed by atoms with E-state index in [0.29, 0.717) is 5.41 Å². The molecule has 2 nitrogen and oxygen atoms in total. The van der Waals surface area contributed by atoms with Crippen LogP contribution in [0.15, 0.2) is 0 Å². The van der Waals surface area contributed by atoms with Crippen LogP contribution in [0.5, 0.6) is 0 Å². The van der Waals surface area contributed by atoms with Crippen molar-refractivity contribution in [3.63, 3.8) is 0 Å². The van der Waals surface area contributed by atoms with Gasteiger partial charge < -0.3 is 10.2 Å². The fourth-order valence-corrected chi connectivity index (χ4v) is 3.13. The molecular weight excluding hydrogens is 208 g/mol. The highest BCUT2D eigenvalue weighted by Gasteiger charge is 2.45. The number of nitrogens with zero attached hydrogens (tertiary/aromatic N) is 1. The summed E-state index contributed by atoms with van der Waals surface area (Å²) < 4.78 is 0. The summed E-state index contributed by atoms with van der Waals surface area (Å²) in [4.78, 5) is 2.64. The van der Waals surface area contributed by atoms with Crippen LogP contribution in [0.4, 0.5) is 0 Å². The molecule has 0 spiro atoms. The van der Waals surface area contributed by atoms with Crippen molar-refractivity contribution in [2.45, 2.75) is 58.9 Å². The van der Waals surface area contributed by atoms with Gasteiger partial charge in [-0.2, -0.15) is 0 Å². The van der Waals surface area contributed by atoms with Gasteiger partial charge in [-0.1, -0.05) is 20.8 Å². The maximum absolute atomic E-state index is 3.82. The molecule has 2 rings (SSSR count). The van der Waals surface area contributed by atoms with E-state index >= 15 is 0 Å². The summed E-state index contributed by atoms with van der Waals surface area (Å²) in [5.74, 6) is 0.942. The average molecular weight is 238 g/mol. The van der Waals surface area contributed by atoms with Gasteiger partial charge in [0, 0.05) is 6.04 Å². The van der Waals surface area contributed by atoms with E-state index in [1.807, 2.05) is 0 Å². The highest BCUT2D eigenvalue weighted by atomic mass is 15.1. The van der Waals surface area contributed by atoms with Crippen molar-refractivity contribution in [3.8, 4) is 0 Å². The van der Waals surface area contributed by atoms with E-state index in [9.17, 15) is 0 Å². The minimum Gasteiger partial charge on any atom is -0.314 e. The molecule has 2 unspecified atom stereocenters. The molecule has 0 radical (unpaired) electrons. The highest BCUT2D eigenvalue weighted by Crippen LogP contribution is 2.51. The van der Waals surface area contributed by atoms with Crippen LogP contribution in [0.2, 0.25) is 0 Å². The van der Waals surface area contributed by atoms with Crippen molar-refractivity contribution < 1.29 is 0 Å². The van der Waals surface area contributed by atoms with Crippen LogP contribution in [0.25, 0.3) is 0 Å². The van der Waals surface area contributed by atoms with Crippen LogP contribution in [0, 0.1) is 11.3 Å². The van der Waals surface area contributed by atoms with Crippen molar-refractivity contribution in [3.05, 3.63) is 0 Å². The molecule has 0 amide bonds. The van der Waals surface area contributed by atoms with Crippen LogP contribution >= 0.6 is 0 Å². The van der Waals surface area contributed by atoms with Gasteiger partial charge >= 0.3 is 0 Å². The van der Waals surface area contributed by atoms with Crippen LogP contribution in [-0.2, 0) is 0 Å². The van der Waals surface area contributed by atoms with Gasteiger partial charge in [0.2, 0.25) is 0 Å². The molecule has 2 aliphatic rings. The average Bonchev–Trinajstić information content (AvgIpc) is 2.94. The predicted molar refractivity (Wildman–Crippen MR) is 74.3 cm³/mol. The number of hydrogen-bond acceptors (Lipinski definition) is 2.